The molecule has 0 aliphatic carbocycles. The van der Waals surface area contributed by atoms with Gasteiger partial charge in [-0.2, -0.15) is 5.10 Å². The molecule has 0 amide bonds. The molecule has 0 bridgehead atoms. The standard InChI is InChI=1S/C12H13BrClN3/c1-17-7-8(6-16-17)4-12(15)9-2-3-10(13)11(14)5-9/h2-3,5-7,12H,4,15H2,1H3. The maximum atomic E-state index is 6.14. The number of rotatable bonds is 3. The third-order valence-corrected chi connectivity index (χ3v) is 3.82. The van der Waals surface area contributed by atoms with Crippen LogP contribution in [0.15, 0.2) is 35.1 Å². The summed E-state index contributed by atoms with van der Waals surface area (Å²) in [5, 5.41) is 4.81. The van der Waals surface area contributed by atoms with Crippen molar-refractivity contribution in [1.29, 1.82) is 0 Å². The van der Waals surface area contributed by atoms with Gasteiger partial charge in [0.15, 0.2) is 0 Å². The molecule has 1 aromatic heterocycles. The lowest BCUT2D eigenvalue weighted by molar-refractivity contribution is 0.719. The van der Waals surface area contributed by atoms with Crippen molar-refractivity contribution in [1.82, 2.24) is 9.78 Å². The summed E-state index contributed by atoms with van der Waals surface area (Å²) in [6.07, 6.45) is 4.56. The molecule has 2 N–H and O–H groups in total. The molecule has 0 radical (unpaired) electrons. The number of hydrogen-bond acceptors (Lipinski definition) is 2. The predicted octanol–water partition coefficient (Wildman–Crippen LogP) is 3.08. The van der Waals surface area contributed by atoms with Gasteiger partial charge in [0.2, 0.25) is 0 Å². The number of benzene rings is 1. The summed E-state index contributed by atoms with van der Waals surface area (Å²) in [6, 6.07) is 5.73. The van der Waals surface area contributed by atoms with E-state index in [1.54, 1.807) is 4.68 Å². The van der Waals surface area contributed by atoms with E-state index < -0.39 is 0 Å². The Labute approximate surface area is 114 Å². The summed E-state index contributed by atoms with van der Waals surface area (Å²) in [4.78, 5) is 0. The van der Waals surface area contributed by atoms with Crippen molar-refractivity contribution < 1.29 is 0 Å². The lowest BCUT2D eigenvalue weighted by Gasteiger charge is -2.11. The number of halogens is 2. The van der Waals surface area contributed by atoms with Gasteiger partial charge in [0.25, 0.3) is 0 Å². The topological polar surface area (TPSA) is 43.8 Å². The van der Waals surface area contributed by atoms with Crippen molar-refractivity contribution in [2.75, 3.05) is 0 Å². The normalized spacial score (nSPS) is 12.7. The Morgan fingerprint density at radius 2 is 2.29 bits per heavy atom. The molecule has 1 aromatic carbocycles. The Hall–Kier alpha value is -0.840. The quantitative estimate of drug-likeness (QED) is 0.946. The molecule has 2 aromatic rings. The van der Waals surface area contributed by atoms with Crippen LogP contribution in [0.25, 0.3) is 0 Å². The van der Waals surface area contributed by atoms with Crippen LogP contribution in [0.1, 0.15) is 17.2 Å². The summed E-state index contributed by atoms with van der Waals surface area (Å²) in [5.41, 5.74) is 8.30. The van der Waals surface area contributed by atoms with Crippen molar-refractivity contribution >= 4 is 27.5 Å². The zero-order valence-corrected chi connectivity index (χ0v) is 11.7. The van der Waals surface area contributed by atoms with Crippen LogP contribution in [0.2, 0.25) is 5.02 Å². The summed E-state index contributed by atoms with van der Waals surface area (Å²) in [5.74, 6) is 0. The molecule has 0 saturated carbocycles. The van der Waals surface area contributed by atoms with Crippen LogP contribution in [0, 0.1) is 0 Å². The van der Waals surface area contributed by atoms with Gasteiger partial charge in [-0.05, 0) is 45.6 Å². The molecule has 17 heavy (non-hydrogen) atoms. The highest BCUT2D eigenvalue weighted by Gasteiger charge is 2.10. The minimum atomic E-state index is -0.0650. The van der Waals surface area contributed by atoms with Crippen molar-refractivity contribution in [3.63, 3.8) is 0 Å². The minimum Gasteiger partial charge on any atom is -0.324 e. The molecule has 5 heteroatoms. The fourth-order valence-corrected chi connectivity index (χ4v) is 2.13. The maximum absolute atomic E-state index is 6.14. The number of nitrogens with zero attached hydrogens (tertiary/aromatic N) is 2. The molecule has 1 atom stereocenters. The highest BCUT2D eigenvalue weighted by Crippen LogP contribution is 2.26. The number of aryl methyl sites for hydroxylation is 1. The Kier molecular flexibility index (Phi) is 3.86. The Bertz CT molecular complexity index is 524. The van der Waals surface area contributed by atoms with Crippen LogP contribution in [-0.2, 0) is 13.5 Å². The van der Waals surface area contributed by atoms with Crippen LogP contribution in [0.4, 0.5) is 0 Å². The first kappa shape index (κ1) is 12.6. The summed E-state index contributed by atoms with van der Waals surface area (Å²) >= 11 is 9.41. The fourth-order valence-electron chi connectivity index (χ4n) is 1.69. The molecule has 0 fully saturated rings. The van der Waals surface area contributed by atoms with Crippen molar-refractivity contribution in [2.45, 2.75) is 12.5 Å². The first-order chi connectivity index (χ1) is 8.06. The summed E-state index contributed by atoms with van der Waals surface area (Å²) in [6.45, 7) is 0. The molecular weight excluding hydrogens is 302 g/mol. The van der Waals surface area contributed by atoms with Crippen LogP contribution >= 0.6 is 27.5 Å². The summed E-state index contributed by atoms with van der Waals surface area (Å²) in [7, 11) is 1.89. The van der Waals surface area contributed by atoms with E-state index in [0.29, 0.717) is 5.02 Å². The van der Waals surface area contributed by atoms with Gasteiger partial charge >= 0.3 is 0 Å². The van der Waals surface area contributed by atoms with E-state index in [-0.39, 0.29) is 6.04 Å². The molecule has 0 aliphatic rings. The van der Waals surface area contributed by atoms with E-state index in [1.807, 2.05) is 37.6 Å². The number of nitrogens with two attached hydrogens (primary N) is 1. The highest BCUT2D eigenvalue weighted by molar-refractivity contribution is 9.10. The van der Waals surface area contributed by atoms with Gasteiger partial charge in [-0.25, -0.2) is 0 Å². The second kappa shape index (κ2) is 5.21. The first-order valence-corrected chi connectivity index (χ1v) is 6.41. The second-order valence-electron chi connectivity index (χ2n) is 4.01. The van der Waals surface area contributed by atoms with Gasteiger partial charge in [0.1, 0.15) is 0 Å². The molecule has 3 nitrogen and oxygen atoms in total. The van der Waals surface area contributed by atoms with Crippen molar-refractivity contribution in [2.24, 2.45) is 12.8 Å². The SMILES string of the molecule is Cn1cc(CC(N)c2ccc(Br)c(Cl)c2)cn1. The fraction of sp³-hybridized carbons (Fsp3) is 0.250. The number of hydrogen-bond donors (Lipinski definition) is 1. The molecule has 90 valence electrons. The van der Waals surface area contributed by atoms with Gasteiger partial charge < -0.3 is 5.73 Å². The second-order valence-corrected chi connectivity index (χ2v) is 5.27. The molecular formula is C12H13BrClN3. The molecule has 0 spiro atoms. The number of aromatic nitrogens is 2. The van der Waals surface area contributed by atoms with E-state index >= 15 is 0 Å². The van der Waals surface area contributed by atoms with Crippen LogP contribution in [-0.4, -0.2) is 9.78 Å². The van der Waals surface area contributed by atoms with Crippen LogP contribution in [0.5, 0.6) is 0 Å². The van der Waals surface area contributed by atoms with Gasteiger partial charge in [-0.15, -0.1) is 0 Å². The van der Waals surface area contributed by atoms with Crippen molar-refractivity contribution in [3.8, 4) is 0 Å². The van der Waals surface area contributed by atoms with E-state index in [4.69, 9.17) is 17.3 Å². The molecule has 0 saturated heterocycles. The largest absolute Gasteiger partial charge is 0.324 e. The zero-order valence-electron chi connectivity index (χ0n) is 9.40. The lowest BCUT2D eigenvalue weighted by Crippen LogP contribution is -2.13. The van der Waals surface area contributed by atoms with E-state index in [1.165, 1.54) is 0 Å². The summed E-state index contributed by atoms with van der Waals surface area (Å²) < 4.78 is 2.66. The van der Waals surface area contributed by atoms with Gasteiger partial charge in [0, 0.05) is 23.8 Å². The van der Waals surface area contributed by atoms with E-state index in [9.17, 15) is 0 Å². The highest BCUT2D eigenvalue weighted by atomic mass is 79.9. The van der Waals surface area contributed by atoms with Crippen LogP contribution < -0.4 is 5.73 Å². The Balaban J connectivity index is 2.14. The smallest absolute Gasteiger partial charge is 0.0551 e. The third kappa shape index (κ3) is 3.09. The Morgan fingerprint density at radius 1 is 1.53 bits per heavy atom. The zero-order chi connectivity index (χ0) is 12.4. The average Bonchev–Trinajstić information content (AvgIpc) is 2.68. The predicted molar refractivity (Wildman–Crippen MR) is 73.0 cm³/mol. The van der Waals surface area contributed by atoms with Gasteiger partial charge in [0.05, 0.1) is 11.2 Å². The maximum Gasteiger partial charge on any atom is 0.0551 e. The molecule has 0 aliphatic heterocycles. The van der Waals surface area contributed by atoms with Gasteiger partial charge in [-0.1, -0.05) is 17.7 Å². The monoisotopic (exact) mass is 313 g/mol. The van der Waals surface area contributed by atoms with Crippen molar-refractivity contribution in [3.05, 3.63) is 51.2 Å². The molecule has 1 heterocycles. The lowest BCUT2D eigenvalue weighted by atomic mass is 10.0. The van der Waals surface area contributed by atoms with E-state index in [0.717, 1.165) is 22.0 Å². The Morgan fingerprint density at radius 3 is 2.88 bits per heavy atom. The molecule has 1 unspecified atom stereocenters. The van der Waals surface area contributed by atoms with Crippen LogP contribution in [0.3, 0.4) is 0 Å². The van der Waals surface area contributed by atoms with Gasteiger partial charge in [-0.3, -0.25) is 4.68 Å². The third-order valence-electron chi connectivity index (χ3n) is 2.59. The van der Waals surface area contributed by atoms with E-state index in [2.05, 4.69) is 21.0 Å². The average molecular weight is 315 g/mol. The first-order valence-electron chi connectivity index (χ1n) is 5.24. The molecule has 2 rings (SSSR count). The minimum absolute atomic E-state index is 0.0650.